The first-order valence-corrected chi connectivity index (χ1v) is 8.64. The molecule has 0 bridgehead atoms. The van der Waals surface area contributed by atoms with Crippen LogP contribution in [0.4, 0.5) is 5.69 Å². The number of hydrogen-bond donors (Lipinski definition) is 1. The molecule has 1 aromatic rings. The van der Waals surface area contributed by atoms with Gasteiger partial charge in [0, 0.05) is 23.3 Å². The third-order valence-electron chi connectivity index (χ3n) is 4.27. The molecule has 20 heavy (non-hydrogen) atoms. The smallest absolute Gasteiger partial charge is 0.243 e. The number of nitrogens with zero attached hydrogens (tertiary/aromatic N) is 1. The summed E-state index contributed by atoms with van der Waals surface area (Å²) in [6, 6.07) is 3.07. The highest BCUT2D eigenvalue weighted by atomic mass is 35.5. The largest absolute Gasteiger partial charge is 0.398 e. The van der Waals surface area contributed by atoms with Gasteiger partial charge in [-0.15, -0.1) is 0 Å². The molecule has 0 aliphatic carbocycles. The van der Waals surface area contributed by atoms with Crippen molar-refractivity contribution in [3.8, 4) is 0 Å². The van der Waals surface area contributed by atoms with Gasteiger partial charge in [-0.3, -0.25) is 0 Å². The van der Waals surface area contributed by atoms with Gasteiger partial charge in [0.2, 0.25) is 10.0 Å². The topological polar surface area (TPSA) is 63.4 Å². The van der Waals surface area contributed by atoms with Gasteiger partial charge in [0.15, 0.2) is 0 Å². The van der Waals surface area contributed by atoms with E-state index in [1.807, 2.05) is 6.92 Å². The van der Waals surface area contributed by atoms with Crippen molar-refractivity contribution >= 4 is 27.3 Å². The molecule has 2 rings (SSSR count). The number of benzene rings is 1. The molecule has 2 N–H and O–H groups in total. The predicted molar refractivity (Wildman–Crippen MR) is 82.4 cm³/mol. The second-order valence-corrected chi connectivity index (χ2v) is 7.89. The maximum absolute atomic E-state index is 12.9. The minimum Gasteiger partial charge on any atom is -0.398 e. The van der Waals surface area contributed by atoms with Gasteiger partial charge >= 0.3 is 0 Å². The molecule has 1 aromatic carbocycles. The van der Waals surface area contributed by atoms with E-state index in [1.54, 1.807) is 17.3 Å². The molecule has 0 radical (unpaired) electrons. The SMILES string of the molecule is Cc1c(N)cc(Cl)cc1S(=O)(=O)N1CCCC(C)C1C. The number of nitrogen functional groups attached to an aromatic ring is 1. The maximum Gasteiger partial charge on any atom is 0.243 e. The van der Waals surface area contributed by atoms with E-state index >= 15 is 0 Å². The molecule has 1 fully saturated rings. The van der Waals surface area contributed by atoms with Gasteiger partial charge in [-0.25, -0.2) is 8.42 Å². The Labute approximate surface area is 126 Å². The van der Waals surface area contributed by atoms with Crippen molar-refractivity contribution in [2.75, 3.05) is 12.3 Å². The molecule has 4 nitrogen and oxygen atoms in total. The second-order valence-electron chi connectivity index (χ2n) is 5.59. The van der Waals surface area contributed by atoms with Crippen molar-refractivity contribution in [3.05, 3.63) is 22.7 Å². The Morgan fingerprint density at radius 3 is 2.65 bits per heavy atom. The fourth-order valence-corrected chi connectivity index (χ4v) is 5.05. The molecule has 2 atom stereocenters. The normalized spacial score (nSPS) is 24.8. The van der Waals surface area contributed by atoms with Gasteiger partial charge in [-0.2, -0.15) is 4.31 Å². The number of nitrogens with two attached hydrogens (primary N) is 1. The van der Waals surface area contributed by atoms with E-state index in [9.17, 15) is 8.42 Å². The van der Waals surface area contributed by atoms with E-state index < -0.39 is 10.0 Å². The number of halogens is 1. The third kappa shape index (κ3) is 2.67. The lowest BCUT2D eigenvalue weighted by Gasteiger charge is -2.37. The van der Waals surface area contributed by atoms with Crippen LogP contribution in [-0.2, 0) is 10.0 Å². The summed E-state index contributed by atoms with van der Waals surface area (Å²) in [7, 11) is -3.55. The Bertz CT molecular complexity index is 616. The quantitative estimate of drug-likeness (QED) is 0.853. The van der Waals surface area contributed by atoms with E-state index in [0.717, 1.165) is 12.8 Å². The van der Waals surface area contributed by atoms with Crippen molar-refractivity contribution < 1.29 is 8.42 Å². The fraction of sp³-hybridized carbons (Fsp3) is 0.571. The Morgan fingerprint density at radius 1 is 1.35 bits per heavy atom. The Hall–Kier alpha value is -0.780. The Balaban J connectivity index is 2.50. The average molecular weight is 317 g/mol. The van der Waals surface area contributed by atoms with E-state index in [-0.39, 0.29) is 10.9 Å². The number of hydrogen-bond acceptors (Lipinski definition) is 3. The van der Waals surface area contributed by atoms with E-state index in [4.69, 9.17) is 17.3 Å². The molecular weight excluding hydrogens is 296 g/mol. The van der Waals surface area contributed by atoms with Crippen molar-refractivity contribution in [2.24, 2.45) is 5.92 Å². The molecule has 0 aromatic heterocycles. The van der Waals surface area contributed by atoms with Crippen LogP contribution in [0.25, 0.3) is 0 Å². The van der Waals surface area contributed by atoms with Crippen LogP contribution in [0.2, 0.25) is 5.02 Å². The summed E-state index contributed by atoms with van der Waals surface area (Å²) in [5, 5.41) is 0.351. The lowest BCUT2D eigenvalue weighted by Crippen LogP contribution is -2.46. The number of sulfonamides is 1. The Morgan fingerprint density at radius 2 is 2.00 bits per heavy atom. The van der Waals surface area contributed by atoms with Crippen LogP contribution in [0.15, 0.2) is 17.0 Å². The van der Waals surface area contributed by atoms with Crippen LogP contribution in [0.1, 0.15) is 32.3 Å². The summed E-state index contributed by atoms with van der Waals surface area (Å²) in [6.07, 6.45) is 1.95. The molecular formula is C14H21ClN2O2S. The van der Waals surface area contributed by atoms with Gasteiger partial charge in [-0.05, 0) is 50.3 Å². The van der Waals surface area contributed by atoms with Gasteiger partial charge < -0.3 is 5.73 Å². The van der Waals surface area contributed by atoms with Gasteiger partial charge in [0.25, 0.3) is 0 Å². The highest BCUT2D eigenvalue weighted by Gasteiger charge is 2.35. The van der Waals surface area contributed by atoms with Gasteiger partial charge in [0.05, 0.1) is 4.90 Å². The van der Waals surface area contributed by atoms with Crippen LogP contribution >= 0.6 is 11.6 Å². The van der Waals surface area contributed by atoms with E-state index in [2.05, 4.69) is 6.92 Å². The number of rotatable bonds is 2. The molecule has 0 amide bonds. The molecule has 112 valence electrons. The lowest BCUT2D eigenvalue weighted by atomic mass is 9.94. The van der Waals surface area contributed by atoms with Gasteiger partial charge in [0.1, 0.15) is 0 Å². The van der Waals surface area contributed by atoms with E-state index in [0.29, 0.717) is 28.7 Å². The minimum absolute atomic E-state index is 0.00615. The summed E-state index contributed by atoms with van der Waals surface area (Å²) in [4.78, 5) is 0.225. The molecule has 0 saturated carbocycles. The maximum atomic E-state index is 12.9. The first-order chi connectivity index (χ1) is 9.25. The van der Waals surface area contributed by atoms with Crippen molar-refractivity contribution in [3.63, 3.8) is 0 Å². The van der Waals surface area contributed by atoms with Crippen molar-refractivity contribution in [2.45, 2.75) is 44.6 Å². The zero-order valence-corrected chi connectivity index (χ0v) is 13.6. The first kappa shape index (κ1) is 15.6. The Kier molecular flexibility index (Phi) is 4.33. The highest BCUT2D eigenvalue weighted by molar-refractivity contribution is 7.89. The highest BCUT2D eigenvalue weighted by Crippen LogP contribution is 2.33. The van der Waals surface area contributed by atoms with Crippen molar-refractivity contribution in [1.29, 1.82) is 0 Å². The zero-order chi connectivity index (χ0) is 15.1. The number of piperidine rings is 1. The van der Waals surface area contributed by atoms with Crippen LogP contribution in [0.3, 0.4) is 0 Å². The third-order valence-corrected chi connectivity index (χ3v) is 6.60. The first-order valence-electron chi connectivity index (χ1n) is 6.82. The molecule has 1 aliphatic heterocycles. The average Bonchev–Trinajstić information content (AvgIpc) is 2.36. The molecule has 1 saturated heterocycles. The summed E-state index contributed by atoms with van der Waals surface area (Å²) in [5.74, 6) is 0.357. The summed E-state index contributed by atoms with van der Waals surface area (Å²) < 4.78 is 27.3. The van der Waals surface area contributed by atoms with Crippen LogP contribution in [0, 0.1) is 12.8 Å². The van der Waals surface area contributed by atoms with Gasteiger partial charge in [-0.1, -0.05) is 18.5 Å². The van der Waals surface area contributed by atoms with E-state index in [1.165, 1.54) is 6.07 Å². The summed E-state index contributed by atoms with van der Waals surface area (Å²) in [6.45, 7) is 6.33. The molecule has 2 unspecified atom stereocenters. The molecule has 0 spiro atoms. The monoisotopic (exact) mass is 316 g/mol. The second kappa shape index (κ2) is 5.54. The fourth-order valence-electron chi connectivity index (χ4n) is 2.71. The number of anilines is 1. The minimum atomic E-state index is -3.55. The molecule has 1 heterocycles. The zero-order valence-electron chi connectivity index (χ0n) is 12.1. The summed E-state index contributed by atoms with van der Waals surface area (Å²) in [5.41, 5.74) is 6.82. The standard InChI is InChI=1S/C14H21ClN2O2S/c1-9-5-4-6-17(11(9)3)20(18,19)14-8-12(15)7-13(16)10(14)2/h7-9,11H,4-6,16H2,1-3H3. The van der Waals surface area contributed by atoms with Crippen LogP contribution in [-0.4, -0.2) is 25.3 Å². The van der Waals surface area contributed by atoms with Crippen molar-refractivity contribution in [1.82, 2.24) is 4.31 Å². The lowest BCUT2D eigenvalue weighted by molar-refractivity contribution is 0.202. The van der Waals surface area contributed by atoms with Crippen LogP contribution < -0.4 is 5.73 Å². The predicted octanol–water partition coefficient (Wildman–Crippen LogP) is 3.04. The summed E-state index contributed by atoms with van der Waals surface area (Å²) >= 11 is 5.97. The molecule has 6 heteroatoms. The van der Waals surface area contributed by atoms with Crippen LogP contribution in [0.5, 0.6) is 0 Å². The molecule has 1 aliphatic rings.